The van der Waals surface area contributed by atoms with Crippen LogP contribution in [0.15, 0.2) is 97.2 Å². The highest BCUT2D eigenvalue weighted by Crippen LogP contribution is 2.23. The van der Waals surface area contributed by atoms with Crippen molar-refractivity contribution in [2.75, 3.05) is 12.0 Å². The Kier molecular flexibility index (Phi) is 8.35. The molecule has 6 nitrogen and oxygen atoms in total. The molecule has 178 valence electrons. The zero-order valence-electron chi connectivity index (χ0n) is 19.6. The molecule has 0 aliphatic rings. The van der Waals surface area contributed by atoms with Gasteiger partial charge in [0.05, 0.1) is 11.4 Å². The molecular formula is C28H28N4O2S. The fraction of sp³-hybridized carbons (Fsp3) is 0.179. The Hall–Kier alpha value is -3.84. The van der Waals surface area contributed by atoms with Gasteiger partial charge in [-0.15, -0.1) is 0 Å². The maximum absolute atomic E-state index is 13.2. The molecule has 2 amide bonds. The second kappa shape index (κ2) is 12.0. The van der Waals surface area contributed by atoms with E-state index in [0.717, 1.165) is 28.3 Å². The normalized spacial score (nSPS) is 11.6. The predicted octanol–water partition coefficient (Wildman–Crippen LogP) is 4.71. The lowest BCUT2D eigenvalue weighted by Gasteiger charge is -2.18. The number of carbonyl (C=O) groups is 2. The topological polar surface area (TPSA) is 76.0 Å². The van der Waals surface area contributed by atoms with Gasteiger partial charge in [0.25, 0.3) is 5.91 Å². The maximum atomic E-state index is 13.2. The molecule has 2 N–H and O–H groups in total. The monoisotopic (exact) mass is 484 g/mol. The third-order valence-corrected chi connectivity index (χ3v) is 6.22. The van der Waals surface area contributed by atoms with Crippen LogP contribution in [0.4, 0.5) is 0 Å². The SMILES string of the molecule is CSCCC(NC(=O)c1ccccc1)C(=O)NCc1cn(-c2ccccc2)nc1-c1ccccc1. The van der Waals surface area contributed by atoms with E-state index >= 15 is 0 Å². The van der Waals surface area contributed by atoms with Crippen LogP contribution < -0.4 is 10.6 Å². The molecule has 1 aromatic heterocycles. The standard InChI is InChI=1S/C28H28N4O2S/c1-35-18-17-25(30-27(33)22-13-7-3-8-14-22)28(34)29-19-23-20-32(24-15-9-4-10-16-24)31-26(23)21-11-5-2-6-12-21/h2-16,20,25H,17-19H2,1H3,(H,29,34)(H,30,33). The van der Waals surface area contributed by atoms with Gasteiger partial charge >= 0.3 is 0 Å². The van der Waals surface area contributed by atoms with Crippen molar-refractivity contribution in [3.63, 3.8) is 0 Å². The van der Waals surface area contributed by atoms with Gasteiger partial charge in [-0.25, -0.2) is 4.68 Å². The fourth-order valence-electron chi connectivity index (χ4n) is 3.73. The van der Waals surface area contributed by atoms with Gasteiger partial charge in [-0.3, -0.25) is 9.59 Å². The number of hydrogen-bond acceptors (Lipinski definition) is 4. The third kappa shape index (κ3) is 6.39. The molecule has 0 aliphatic carbocycles. The van der Waals surface area contributed by atoms with Gasteiger partial charge < -0.3 is 10.6 Å². The minimum atomic E-state index is -0.625. The number of nitrogens with zero attached hydrogens (tertiary/aromatic N) is 2. The van der Waals surface area contributed by atoms with Gasteiger partial charge in [0.2, 0.25) is 5.91 Å². The van der Waals surface area contributed by atoms with Crippen LogP contribution in [0.3, 0.4) is 0 Å². The number of aromatic nitrogens is 2. The zero-order valence-corrected chi connectivity index (χ0v) is 20.4. The third-order valence-electron chi connectivity index (χ3n) is 5.58. The first-order chi connectivity index (χ1) is 17.2. The smallest absolute Gasteiger partial charge is 0.251 e. The summed E-state index contributed by atoms with van der Waals surface area (Å²) in [6.07, 6.45) is 4.47. The van der Waals surface area contributed by atoms with Crippen LogP contribution in [0.5, 0.6) is 0 Å². The summed E-state index contributed by atoms with van der Waals surface area (Å²) in [7, 11) is 0. The van der Waals surface area contributed by atoms with Crippen LogP contribution >= 0.6 is 11.8 Å². The largest absolute Gasteiger partial charge is 0.350 e. The Morgan fingerprint density at radius 2 is 1.54 bits per heavy atom. The predicted molar refractivity (Wildman–Crippen MR) is 142 cm³/mol. The van der Waals surface area contributed by atoms with Crippen molar-refractivity contribution in [2.45, 2.75) is 19.0 Å². The minimum Gasteiger partial charge on any atom is -0.350 e. The summed E-state index contributed by atoms with van der Waals surface area (Å²) in [5, 5.41) is 10.7. The molecule has 1 unspecified atom stereocenters. The summed E-state index contributed by atoms with van der Waals surface area (Å²) in [4.78, 5) is 25.8. The first kappa shape index (κ1) is 24.3. The van der Waals surface area contributed by atoms with Crippen molar-refractivity contribution in [2.24, 2.45) is 0 Å². The van der Waals surface area contributed by atoms with Crippen LogP contribution in [-0.4, -0.2) is 39.6 Å². The summed E-state index contributed by atoms with van der Waals surface area (Å²) in [6.45, 7) is 0.298. The molecule has 0 spiro atoms. The molecule has 0 aliphatic heterocycles. The average molecular weight is 485 g/mol. The van der Waals surface area contributed by atoms with Crippen molar-refractivity contribution in [1.82, 2.24) is 20.4 Å². The van der Waals surface area contributed by atoms with E-state index in [4.69, 9.17) is 5.10 Å². The number of rotatable bonds is 10. The lowest BCUT2D eigenvalue weighted by molar-refractivity contribution is -0.123. The van der Waals surface area contributed by atoms with Crippen LogP contribution in [-0.2, 0) is 11.3 Å². The van der Waals surface area contributed by atoms with E-state index in [1.54, 1.807) is 36.0 Å². The van der Waals surface area contributed by atoms with Crippen molar-refractivity contribution < 1.29 is 9.59 Å². The summed E-state index contributed by atoms with van der Waals surface area (Å²) < 4.78 is 1.83. The molecule has 0 saturated carbocycles. The van der Waals surface area contributed by atoms with Crippen LogP contribution in [0, 0.1) is 0 Å². The fourth-order valence-corrected chi connectivity index (χ4v) is 4.20. The molecule has 4 aromatic rings. The van der Waals surface area contributed by atoms with Crippen molar-refractivity contribution >= 4 is 23.6 Å². The van der Waals surface area contributed by atoms with Crippen molar-refractivity contribution in [3.05, 3.63) is 108 Å². The molecule has 1 heterocycles. The van der Waals surface area contributed by atoms with Gasteiger partial charge in [-0.2, -0.15) is 16.9 Å². The van der Waals surface area contributed by atoms with E-state index in [9.17, 15) is 9.59 Å². The first-order valence-corrected chi connectivity index (χ1v) is 12.9. The van der Waals surface area contributed by atoms with Crippen LogP contribution in [0.25, 0.3) is 16.9 Å². The molecule has 0 saturated heterocycles. The van der Waals surface area contributed by atoms with Gasteiger partial charge in [0.15, 0.2) is 0 Å². The lowest BCUT2D eigenvalue weighted by Crippen LogP contribution is -2.46. The highest BCUT2D eigenvalue weighted by atomic mass is 32.2. The minimum absolute atomic E-state index is 0.213. The van der Waals surface area contributed by atoms with E-state index in [1.165, 1.54) is 0 Å². The molecule has 3 aromatic carbocycles. The van der Waals surface area contributed by atoms with Gasteiger partial charge in [-0.1, -0.05) is 66.7 Å². The first-order valence-electron chi connectivity index (χ1n) is 11.5. The van der Waals surface area contributed by atoms with E-state index in [0.29, 0.717) is 18.5 Å². The number of thioether (sulfide) groups is 1. The Bertz CT molecular complexity index is 1240. The number of amides is 2. The highest BCUT2D eigenvalue weighted by molar-refractivity contribution is 7.98. The molecule has 0 fully saturated rings. The van der Waals surface area contributed by atoms with E-state index in [1.807, 2.05) is 83.9 Å². The number of benzene rings is 3. The number of para-hydroxylation sites is 1. The van der Waals surface area contributed by atoms with E-state index in [2.05, 4.69) is 10.6 Å². The molecular weight excluding hydrogens is 456 g/mol. The lowest BCUT2D eigenvalue weighted by atomic mass is 10.1. The Balaban J connectivity index is 1.52. The zero-order chi connectivity index (χ0) is 24.5. The van der Waals surface area contributed by atoms with Gasteiger partial charge in [0, 0.05) is 29.4 Å². The number of carbonyl (C=O) groups excluding carboxylic acids is 2. The van der Waals surface area contributed by atoms with E-state index in [-0.39, 0.29) is 11.8 Å². The van der Waals surface area contributed by atoms with E-state index < -0.39 is 6.04 Å². The molecule has 1 atom stereocenters. The summed E-state index contributed by atoms with van der Waals surface area (Å²) in [5.41, 5.74) is 4.15. The number of nitrogens with one attached hydrogen (secondary N) is 2. The molecule has 0 bridgehead atoms. The van der Waals surface area contributed by atoms with Crippen molar-refractivity contribution in [3.8, 4) is 16.9 Å². The summed E-state index contributed by atoms with van der Waals surface area (Å²) in [5.74, 6) is 0.289. The molecule has 0 radical (unpaired) electrons. The Morgan fingerprint density at radius 3 is 2.20 bits per heavy atom. The Labute approximate surface area is 209 Å². The highest BCUT2D eigenvalue weighted by Gasteiger charge is 2.22. The van der Waals surface area contributed by atoms with Gasteiger partial charge in [0.1, 0.15) is 6.04 Å². The molecule has 4 rings (SSSR count). The van der Waals surface area contributed by atoms with Crippen LogP contribution in [0.2, 0.25) is 0 Å². The van der Waals surface area contributed by atoms with Crippen LogP contribution in [0.1, 0.15) is 22.3 Å². The summed E-state index contributed by atoms with van der Waals surface area (Å²) in [6, 6.07) is 28.1. The second-order valence-corrected chi connectivity index (χ2v) is 9.03. The maximum Gasteiger partial charge on any atom is 0.251 e. The quantitative estimate of drug-likeness (QED) is 0.342. The van der Waals surface area contributed by atoms with Gasteiger partial charge in [-0.05, 0) is 42.7 Å². The average Bonchev–Trinajstić information content (AvgIpc) is 3.35. The summed E-state index contributed by atoms with van der Waals surface area (Å²) >= 11 is 1.64. The second-order valence-electron chi connectivity index (χ2n) is 8.04. The molecule has 7 heteroatoms. The number of hydrogen-bond donors (Lipinski definition) is 2. The Morgan fingerprint density at radius 1 is 0.914 bits per heavy atom. The molecule has 35 heavy (non-hydrogen) atoms. The van der Waals surface area contributed by atoms with Crippen molar-refractivity contribution in [1.29, 1.82) is 0 Å².